The normalized spacial score (nSPS) is 11.7. The van der Waals surface area contributed by atoms with E-state index >= 15 is 0 Å². The Labute approximate surface area is 164 Å². The Kier molecular flexibility index (Phi) is 5.75. The van der Waals surface area contributed by atoms with Crippen molar-refractivity contribution >= 4 is 34.8 Å². The maximum Gasteiger partial charge on any atom is 0.269 e. The lowest BCUT2D eigenvalue weighted by Gasteiger charge is -2.04. The number of nitro groups is 1. The van der Waals surface area contributed by atoms with Crippen molar-refractivity contribution in [1.29, 1.82) is 0 Å². The van der Waals surface area contributed by atoms with Gasteiger partial charge >= 0.3 is 0 Å². The summed E-state index contributed by atoms with van der Waals surface area (Å²) in [7, 11) is 1.68. The van der Waals surface area contributed by atoms with E-state index in [9.17, 15) is 14.9 Å². The molecule has 0 spiro atoms. The zero-order valence-corrected chi connectivity index (χ0v) is 16.0. The molecule has 142 valence electrons. The van der Waals surface area contributed by atoms with Gasteiger partial charge in [0.05, 0.1) is 16.8 Å². The number of nitro benzene ring substituents is 1. The molecule has 3 rings (SSSR count). The van der Waals surface area contributed by atoms with E-state index in [0.717, 1.165) is 16.8 Å². The van der Waals surface area contributed by atoms with Crippen molar-refractivity contribution in [3.8, 4) is 11.3 Å². The summed E-state index contributed by atoms with van der Waals surface area (Å²) in [5.41, 5.74) is 3.18. The second kappa shape index (κ2) is 8.40. The van der Waals surface area contributed by atoms with E-state index in [2.05, 4.69) is 15.4 Å². The lowest BCUT2D eigenvalue weighted by molar-refractivity contribution is -0.384. The number of aromatic nitrogens is 1. The third-order valence-electron chi connectivity index (χ3n) is 3.80. The van der Waals surface area contributed by atoms with Crippen molar-refractivity contribution in [2.75, 3.05) is 12.4 Å². The molecular weight excluding hydrogens is 378 g/mol. The molecule has 0 saturated heterocycles. The molecule has 0 aliphatic rings. The first kappa shape index (κ1) is 19.2. The lowest BCUT2D eigenvalue weighted by atomic mass is 10.1. The van der Waals surface area contributed by atoms with E-state index in [1.54, 1.807) is 42.2 Å². The summed E-state index contributed by atoms with van der Waals surface area (Å²) in [6, 6.07) is 13.6. The van der Waals surface area contributed by atoms with Gasteiger partial charge in [-0.25, -0.2) is 4.68 Å². The molecule has 1 N–H and O–H groups in total. The molecule has 0 fully saturated rings. The Morgan fingerprint density at radius 1 is 1.18 bits per heavy atom. The lowest BCUT2D eigenvalue weighted by Crippen LogP contribution is -2.11. The molecule has 0 saturated carbocycles. The number of amides is 1. The van der Waals surface area contributed by atoms with Crippen LogP contribution in [0, 0.1) is 10.1 Å². The Hall–Kier alpha value is -3.59. The minimum atomic E-state index is -0.430. The summed E-state index contributed by atoms with van der Waals surface area (Å²) in [5, 5.41) is 20.0. The van der Waals surface area contributed by atoms with Crippen LogP contribution in [0.2, 0.25) is 0 Å². The smallest absolute Gasteiger partial charge is 0.269 e. The summed E-state index contributed by atoms with van der Waals surface area (Å²) in [5.74, 6) is -0.128. The number of hydrogen-bond acceptors (Lipinski definition) is 6. The van der Waals surface area contributed by atoms with Gasteiger partial charge in [-0.2, -0.15) is 5.10 Å². The molecule has 1 amide bonds. The van der Waals surface area contributed by atoms with Gasteiger partial charge in [0, 0.05) is 42.7 Å². The molecule has 0 radical (unpaired) electrons. The van der Waals surface area contributed by atoms with Gasteiger partial charge in [-0.3, -0.25) is 19.9 Å². The van der Waals surface area contributed by atoms with Gasteiger partial charge in [-0.05, 0) is 29.8 Å². The summed E-state index contributed by atoms with van der Waals surface area (Å²) in [6.45, 7) is 1.46. The van der Waals surface area contributed by atoms with Crippen LogP contribution < -0.4 is 10.1 Å². The summed E-state index contributed by atoms with van der Waals surface area (Å²) >= 11 is 1.43. The highest BCUT2D eigenvalue weighted by Crippen LogP contribution is 2.23. The summed E-state index contributed by atoms with van der Waals surface area (Å²) in [6.07, 6.45) is 1.69. The molecule has 8 nitrogen and oxygen atoms in total. The third kappa shape index (κ3) is 4.38. The van der Waals surface area contributed by atoms with Crippen molar-refractivity contribution < 1.29 is 9.72 Å². The van der Waals surface area contributed by atoms with E-state index in [4.69, 9.17) is 0 Å². The molecule has 0 atom stereocenters. The average molecular weight is 395 g/mol. The zero-order chi connectivity index (χ0) is 20.1. The quantitative estimate of drug-likeness (QED) is 0.406. The van der Waals surface area contributed by atoms with Crippen LogP contribution in [0.25, 0.3) is 11.3 Å². The number of rotatable bonds is 5. The van der Waals surface area contributed by atoms with Gasteiger partial charge in [0.25, 0.3) is 5.69 Å². The minimum Gasteiger partial charge on any atom is -0.326 e. The number of nitrogens with one attached hydrogen (secondary N) is 1. The molecule has 0 unspecified atom stereocenters. The molecule has 2 aromatic carbocycles. The van der Waals surface area contributed by atoms with Crippen LogP contribution in [0.4, 0.5) is 11.4 Å². The van der Waals surface area contributed by atoms with Crippen molar-refractivity contribution in [1.82, 2.24) is 4.68 Å². The standard InChI is InChI=1S/C19H17N5O3S/c1-13(25)22-16-7-3-14(4-8-16)11-21-23-18(12-28-19(23)20-2)15-5-9-17(10-6-15)24(26)27/h3-12H,1-2H3,(H,22,25). The van der Waals surface area contributed by atoms with Crippen molar-refractivity contribution in [3.63, 3.8) is 0 Å². The van der Waals surface area contributed by atoms with E-state index in [-0.39, 0.29) is 11.6 Å². The minimum absolute atomic E-state index is 0.0358. The zero-order valence-electron chi connectivity index (χ0n) is 15.2. The largest absolute Gasteiger partial charge is 0.326 e. The van der Waals surface area contributed by atoms with Gasteiger partial charge in [0.15, 0.2) is 0 Å². The SMILES string of the molecule is CN=c1scc(-c2ccc([N+](=O)[O-])cc2)n1N=Cc1ccc(NC(C)=O)cc1. The summed E-state index contributed by atoms with van der Waals surface area (Å²) < 4.78 is 1.69. The summed E-state index contributed by atoms with van der Waals surface area (Å²) in [4.78, 5) is 26.4. The topological polar surface area (TPSA) is 102 Å². The molecule has 0 aliphatic carbocycles. The van der Waals surface area contributed by atoms with Gasteiger partial charge in [-0.15, -0.1) is 11.3 Å². The van der Waals surface area contributed by atoms with E-state index in [1.807, 2.05) is 17.5 Å². The van der Waals surface area contributed by atoms with Gasteiger partial charge in [0.1, 0.15) is 0 Å². The second-order valence-corrected chi connectivity index (χ2v) is 6.63. The van der Waals surface area contributed by atoms with Crippen molar-refractivity contribution in [2.24, 2.45) is 10.1 Å². The molecule has 1 aromatic heterocycles. The van der Waals surface area contributed by atoms with Gasteiger partial charge in [-0.1, -0.05) is 12.1 Å². The predicted octanol–water partition coefficient (Wildman–Crippen LogP) is 3.50. The number of benzene rings is 2. The second-order valence-electron chi connectivity index (χ2n) is 5.79. The van der Waals surface area contributed by atoms with E-state index in [0.29, 0.717) is 10.5 Å². The number of thiazole rings is 1. The number of carbonyl (C=O) groups excluding carboxylic acids is 1. The fourth-order valence-electron chi connectivity index (χ4n) is 2.49. The molecule has 3 aromatic rings. The van der Waals surface area contributed by atoms with Gasteiger partial charge in [0.2, 0.25) is 10.7 Å². The van der Waals surface area contributed by atoms with Crippen LogP contribution in [0.5, 0.6) is 0 Å². The maximum absolute atomic E-state index is 11.1. The number of non-ortho nitro benzene ring substituents is 1. The first-order valence-corrected chi connectivity index (χ1v) is 9.16. The Morgan fingerprint density at radius 3 is 2.43 bits per heavy atom. The fourth-order valence-corrected chi connectivity index (χ4v) is 3.30. The molecule has 1 heterocycles. The first-order valence-electron chi connectivity index (χ1n) is 8.28. The number of nitrogens with zero attached hydrogens (tertiary/aromatic N) is 4. The number of hydrogen-bond donors (Lipinski definition) is 1. The van der Waals surface area contributed by atoms with Crippen molar-refractivity contribution in [3.05, 3.63) is 74.4 Å². The Morgan fingerprint density at radius 2 is 1.86 bits per heavy atom. The van der Waals surface area contributed by atoms with Crippen LogP contribution in [-0.2, 0) is 4.79 Å². The van der Waals surface area contributed by atoms with E-state index < -0.39 is 4.92 Å². The monoisotopic (exact) mass is 395 g/mol. The molecular formula is C19H17N5O3S. The van der Waals surface area contributed by atoms with E-state index in [1.165, 1.54) is 30.4 Å². The number of anilines is 1. The van der Waals surface area contributed by atoms with Crippen LogP contribution in [0.3, 0.4) is 0 Å². The molecule has 0 bridgehead atoms. The Bertz CT molecular complexity index is 1100. The van der Waals surface area contributed by atoms with Gasteiger partial charge < -0.3 is 5.32 Å². The predicted molar refractivity (Wildman–Crippen MR) is 110 cm³/mol. The number of carbonyl (C=O) groups is 1. The van der Waals surface area contributed by atoms with Crippen LogP contribution in [-0.4, -0.2) is 28.8 Å². The molecule has 0 aliphatic heterocycles. The Balaban J connectivity index is 1.91. The fraction of sp³-hybridized carbons (Fsp3) is 0.105. The third-order valence-corrected chi connectivity index (χ3v) is 4.71. The van der Waals surface area contributed by atoms with Crippen molar-refractivity contribution in [2.45, 2.75) is 6.92 Å². The van der Waals surface area contributed by atoms with Crippen LogP contribution in [0.15, 0.2) is 64.0 Å². The van der Waals surface area contributed by atoms with Crippen LogP contribution in [0.1, 0.15) is 12.5 Å². The highest BCUT2D eigenvalue weighted by Gasteiger charge is 2.10. The highest BCUT2D eigenvalue weighted by molar-refractivity contribution is 7.07. The maximum atomic E-state index is 11.1. The first-order chi connectivity index (χ1) is 13.5. The molecule has 9 heteroatoms. The van der Waals surface area contributed by atoms with Crippen LogP contribution >= 0.6 is 11.3 Å². The molecule has 28 heavy (non-hydrogen) atoms. The highest BCUT2D eigenvalue weighted by atomic mass is 32.1. The average Bonchev–Trinajstić information content (AvgIpc) is 3.10.